The number of hydrogen-bond donors (Lipinski definition) is 2. The summed E-state index contributed by atoms with van der Waals surface area (Å²) in [4.78, 5) is 0. The molecule has 2 unspecified atom stereocenters. The lowest BCUT2D eigenvalue weighted by Gasteiger charge is -2.15. The average molecular weight is 232 g/mol. The van der Waals surface area contributed by atoms with Crippen LogP contribution in [-0.2, 0) is 4.74 Å². The second-order valence-electron chi connectivity index (χ2n) is 4.47. The Bertz CT molecular complexity index is 139. The van der Waals surface area contributed by atoms with E-state index in [9.17, 15) is 0 Å². The maximum absolute atomic E-state index is 9.08. The molecule has 0 bridgehead atoms. The fraction of sp³-hybridized carbons (Fsp3) is 1.00. The molecule has 0 rings (SSSR count). The molecule has 0 aromatic rings. The van der Waals surface area contributed by atoms with E-state index < -0.39 is 6.10 Å². The van der Waals surface area contributed by atoms with E-state index in [-0.39, 0.29) is 13.2 Å². The molecule has 0 saturated heterocycles. The van der Waals surface area contributed by atoms with E-state index in [1.165, 1.54) is 32.1 Å². The first kappa shape index (κ1) is 15.9. The monoisotopic (exact) mass is 232 g/mol. The molecule has 3 nitrogen and oxygen atoms in total. The van der Waals surface area contributed by atoms with E-state index in [1.54, 1.807) is 0 Å². The molecule has 3 heteroatoms. The van der Waals surface area contributed by atoms with E-state index in [0.29, 0.717) is 6.61 Å². The molecule has 0 aliphatic rings. The highest BCUT2D eigenvalue weighted by atomic mass is 16.5. The van der Waals surface area contributed by atoms with Crippen LogP contribution in [0.3, 0.4) is 0 Å². The highest BCUT2D eigenvalue weighted by molar-refractivity contribution is 4.58. The number of ether oxygens (including phenoxy) is 1. The third-order valence-electron chi connectivity index (χ3n) is 2.98. The standard InChI is InChI=1S/C13H28O3/c1-3-5-6-7-12(4-2)8-9-16-11-13(15)10-14/h12-15H,3-11H2,1-2H3. The largest absolute Gasteiger partial charge is 0.394 e. The molecule has 0 radical (unpaired) electrons. The molecule has 2 N–H and O–H groups in total. The van der Waals surface area contributed by atoms with Crippen molar-refractivity contribution < 1.29 is 14.9 Å². The van der Waals surface area contributed by atoms with Crippen molar-refractivity contribution in [3.8, 4) is 0 Å². The molecule has 0 heterocycles. The maximum Gasteiger partial charge on any atom is 0.100 e. The zero-order chi connectivity index (χ0) is 12.2. The Morgan fingerprint density at radius 3 is 2.44 bits per heavy atom. The normalized spacial score (nSPS) is 15.0. The van der Waals surface area contributed by atoms with Crippen LogP contribution in [0.4, 0.5) is 0 Å². The highest BCUT2D eigenvalue weighted by Crippen LogP contribution is 2.17. The van der Waals surface area contributed by atoms with Gasteiger partial charge < -0.3 is 14.9 Å². The Morgan fingerprint density at radius 2 is 1.88 bits per heavy atom. The van der Waals surface area contributed by atoms with Gasteiger partial charge in [-0.1, -0.05) is 46.0 Å². The van der Waals surface area contributed by atoms with Crippen LogP contribution in [0.5, 0.6) is 0 Å². The van der Waals surface area contributed by atoms with Crippen molar-refractivity contribution in [3.05, 3.63) is 0 Å². The number of unbranched alkanes of at least 4 members (excludes halogenated alkanes) is 2. The molecule has 2 atom stereocenters. The molecule has 0 aliphatic heterocycles. The van der Waals surface area contributed by atoms with Gasteiger partial charge in [0, 0.05) is 6.61 Å². The molecule has 98 valence electrons. The van der Waals surface area contributed by atoms with E-state index in [1.807, 2.05) is 0 Å². The molecule has 0 aromatic heterocycles. The first-order valence-corrected chi connectivity index (χ1v) is 6.61. The van der Waals surface area contributed by atoms with Crippen LogP contribution < -0.4 is 0 Å². The molecule has 0 spiro atoms. The van der Waals surface area contributed by atoms with Gasteiger partial charge in [0.05, 0.1) is 13.2 Å². The second kappa shape index (κ2) is 11.4. The lowest BCUT2D eigenvalue weighted by atomic mass is 9.96. The van der Waals surface area contributed by atoms with Crippen LogP contribution in [0.1, 0.15) is 52.4 Å². The van der Waals surface area contributed by atoms with Crippen LogP contribution in [0.2, 0.25) is 0 Å². The summed E-state index contributed by atoms with van der Waals surface area (Å²) in [6, 6.07) is 0. The van der Waals surface area contributed by atoms with Crippen molar-refractivity contribution in [1.82, 2.24) is 0 Å². The summed E-state index contributed by atoms with van der Waals surface area (Å²) in [5.41, 5.74) is 0. The van der Waals surface area contributed by atoms with E-state index in [2.05, 4.69) is 13.8 Å². The molecule has 0 amide bonds. The van der Waals surface area contributed by atoms with Gasteiger partial charge >= 0.3 is 0 Å². The minimum absolute atomic E-state index is 0.215. The lowest BCUT2D eigenvalue weighted by Crippen LogP contribution is -2.20. The van der Waals surface area contributed by atoms with Crippen molar-refractivity contribution in [3.63, 3.8) is 0 Å². The molecule has 0 saturated carbocycles. The van der Waals surface area contributed by atoms with E-state index >= 15 is 0 Å². The topological polar surface area (TPSA) is 49.7 Å². The fourth-order valence-electron chi connectivity index (χ4n) is 1.76. The Morgan fingerprint density at radius 1 is 1.12 bits per heavy atom. The van der Waals surface area contributed by atoms with Crippen molar-refractivity contribution >= 4 is 0 Å². The minimum Gasteiger partial charge on any atom is -0.394 e. The maximum atomic E-state index is 9.08. The molecule has 0 fully saturated rings. The van der Waals surface area contributed by atoms with Gasteiger partial charge in [0.2, 0.25) is 0 Å². The first-order chi connectivity index (χ1) is 7.74. The van der Waals surface area contributed by atoms with Crippen LogP contribution >= 0.6 is 0 Å². The van der Waals surface area contributed by atoms with Gasteiger partial charge in [0.1, 0.15) is 6.10 Å². The number of aliphatic hydroxyl groups excluding tert-OH is 2. The number of rotatable bonds is 11. The lowest BCUT2D eigenvalue weighted by molar-refractivity contribution is 0.00238. The Kier molecular flexibility index (Phi) is 11.3. The quantitative estimate of drug-likeness (QED) is 0.538. The molecule has 0 aliphatic carbocycles. The Hall–Kier alpha value is -0.120. The third kappa shape index (κ3) is 9.13. The van der Waals surface area contributed by atoms with Gasteiger partial charge in [-0.15, -0.1) is 0 Å². The summed E-state index contributed by atoms with van der Waals surface area (Å²) < 4.78 is 5.31. The van der Waals surface area contributed by atoms with Crippen molar-refractivity contribution in [2.45, 2.75) is 58.5 Å². The summed E-state index contributed by atoms with van der Waals surface area (Å²) >= 11 is 0. The molecule has 16 heavy (non-hydrogen) atoms. The molecular weight excluding hydrogens is 204 g/mol. The Balaban J connectivity index is 3.40. The summed E-state index contributed by atoms with van der Waals surface area (Å²) in [6.07, 6.45) is 6.74. The van der Waals surface area contributed by atoms with Crippen molar-refractivity contribution in [2.24, 2.45) is 5.92 Å². The van der Waals surface area contributed by atoms with Crippen LogP contribution in [-0.4, -0.2) is 36.1 Å². The number of aliphatic hydroxyl groups is 2. The van der Waals surface area contributed by atoms with Crippen LogP contribution in [0.15, 0.2) is 0 Å². The fourth-order valence-corrected chi connectivity index (χ4v) is 1.76. The van der Waals surface area contributed by atoms with Gasteiger partial charge in [-0.25, -0.2) is 0 Å². The van der Waals surface area contributed by atoms with Crippen molar-refractivity contribution in [2.75, 3.05) is 19.8 Å². The number of hydrogen-bond acceptors (Lipinski definition) is 3. The average Bonchev–Trinajstić information content (AvgIpc) is 2.31. The molecule has 0 aromatic carbocycles. The highest BCUT2D eigenvalue weighted by Gasteiger charge is 2.07. The second-order valence-corrected chi connectivity index (χ2v) is 4.47. The van der Waals surface area contributed by atoms with Gasteiger partial charge in [-0.3, -0.25) is 0 Å². The third-order valence-corrected chi connectivity index (χ3v) is 2.98. The SMILES string of the molecule is CCCCCC(CC)CCOCC(O)CO. The predicted octanol–water partition coefficient (Wildman–Crippen LogP) is 2.35. The van der Waals surface area contributed by atoms with Crippen LogP contribution in [0, 0.1) is 5.92 Å². The van der Waals surface area contributed by atoms with Crippen molar-refractivity contribution in [1.29, 1.82) is 0 Å². The summed E-state index contributed by atoms with van der Waals surface area (Å²) in [5.74, 6) is 0.748. The smallest absolute Gasteiger partial charge is 0.100 e. The zero-order valence-corrected chi connectivity index (χ0v) is 10.8. The zero-order valence-electron chi connectivity index (χ0n) is 10.8. The van der Waals surface area contributed by atoms with Gasteiger partial charge in [-0.05, 0) is 12.3 Å². The van der Waals surface area contributed by atoms with Gasteiger partial charge in [0.25, 0.3) is 0 Å². The van der Waals surface area contributed by atoms with Crippen LogP contribution in [0.25, 0.3) is 0 Å². The summed E-state index contributed by atoms with van der Waals surface area (Å²) in [5, 5.41) is 17.7. The summed E-state index contributed by atoms with van der Waals surface area (Å²) in [7, 11) is 0. The summed E-state index contributed by atoms with van der Waals surface area (Å²) in [6.45, 7) is 5.18. The first-order valence-electron chi connectivity index (χ1n) is 6.61. The molecular formula is C13H28O3. The van der Waals surface area contributed by atoms with E-state index in [0.717, 1.165) is 12.3 Å². The predicted molar refractivity (Wildman–Crippen MR) is 66.5 cm³/mol. The Labute approximate surface area is 99.8 Å². The van der Waals surface area contributed by atoms with E-state index in [4.69, 9.17) is 14.9 Å². The van der Waals surface area contributed by atoms with Gasteiger partial charge in [-0.2, -0.15) is 0 Å². The van der Waals surface area contributed by atoms with Gasteiger partial charge in [0.15, 0.2) is 0 Å². The minimum atomic E-state index is -0.722.